The van der Waals surface area contributed by atoms with Crippen LogP contribution in [0.5, 0.6) is 0 Å². The molecule has 3 heterocycles. The van der Waals surface area contributed by atoms with E-state index in [0.717, 1.165) is 38.2 Å². The molecule has 118 valence electrons. The normalized spacial score (nSPS) is 19.0. The maximum absolute atomic E-state index is 12.2. The van der Waals surface area contributed by atoms with Gasteiger partial charge < -0.3 is 15.3 Å². The van der Waals surface area contributed by atoms with Gasteiger partial charge in [-0.25, -0.2) is 4.98 Å². The van der Waals surface area contributed by atoms with Crippen LogP contribution >= 0.6 is 11.3 Å². The van der Waals surface area contributed by atoms with Crippen LogP contribution in [0.2, 0.25) is 0 Å². The van der Waals surface area contributed by atoms with Crippen molar-refractivity contribution in [2.75, 3.05) is 23.3 Å². The van der Waals surface area contributed by atoms with Gasteiger partial charge in [-0.15, -0.1) is 11.3 Å². The van der Waals surface area contributed by atoms with Gasteiger partial charge in [-0.05, 0) is 19.3 Å². The highest BCUT2D eigenvalue weighted by molar-refractivity contribution is 7.07. The van der Waals surface area contributed by atoms with Crippen molar-refractivity contribution in [3.05, 3.63) is 22.8 Å². The lowest BCUT2D eigenvalue weighted by molar-refractivity contribution is 0.102. The topological polar surface area (TPSA) is 83.3 Å². The summed E-state index contributed by atoms with van der Waals surface area (Å²) >= 11 is 1.39. The van der Waals surface area contributed by atoms with Gasteiger partial charge in [0.05, 0.1) is 17.8 Å². The minimum atomic E-state index is -0.244. The van der Waals surface area contributed by atoms with Gasteiger partial charge in [0, 0.05) is 25.5 Å². The Bertz CT molecular complexity index is 640. The van der Waals surface area contributed by atoms with Crippen molar-refractivity contribution in [2.24, 2.45) is 7.05 Å². The molecule has 2 N–H and O–H groups in total. The summed E-state index contributed by atoms with van der Waals surface area (Å²) in [6.45, 7) is 1.59. The van der Waals surface area contributed by atoms with Gasteiger partial charge in [0.1, 0.15) is 11.4 Å². The molecular weight excluding hydrogens is 302 g/mol. The fourth-order valence-corrected chi connectivity index (χ4v) is 3.23. The molecule has 2 aromatic rings. The Balaban J connectivity index is 1.80. The molecule has 1 aliphatic rings. The number of hydrogen-bond donors (Lipinski definition) is 2. The lowest BCUT2D eigenvalue weighted by Gasteiger charge is -2.23. The monoisotopic (exact) mass is 321 g/mol. The third-order valence-corrected chi connectivity index (χ3v) is 4.40. The number of aryl methyl sites for hydroxylation is 1. The van der Waals surface area contributed by atoms with E-state index >= 15 is 0 Å². The van der Waals surface area contributed by atoms with E-state index in [-0.39, 0.29) is 12.0 Å². The fraction of sp³-hybridized carbons (Fsp3) is 0.500. The third-order valence-electron chi connectivity index (χ3n) is 3.82. The summed E-state index contributed by atoms with van der Waals surface area (Å²) in [4.78, 5) is 18.4. The number of hydrogen-bond acceptors (Lipinski definition) is 6. The lowest BCUT2D eigenvalue weighted by Crippen LogP contribution is -2.28. The number of aromatic nitrogens is 3. The second-order valence-corrected chi connectivity index (χ2v) is 6.12. The molecule has 1 aliphatic heterocycles. The Morgan fingerprint density at radius 2 is 2.32 bits per heavy atom. The Kier molecular flexibility index (Phi) is 4.39. The van der Waals surface area contributed by atoms with Gasteiger partial charge in [0.2, 0.25) is 0 Å². The van der Waals surface area contributed by atoms with E-state index in [2.05, 4.69) is 20.3 Å². The molecule has 1 saturated heterocycles. The Hall–Kier alpha value is -1.93. The van der Waals surface area contributed by atoms with Crippen LogP contribution in [0.4, 0.5) is 11.5 Å². The average Bonchev–Trinajstić information content (AvgIpc) is 3.09. The summed E-state index contributed by atoms with van der Waals surface area (Å²) in [6, 6.07) is 0. The molecule has 3 rings (SSSR count). The summed E-state index contributed by atoms with van der Waals surface area (Å²) in [5.41, 5.74) is 2.72. The zero-order valence-corrected chi connectivity index (χ0v) is 13.2. The van der Waals surface area contributed by atoms with E-state index in [1.54, 1.807) is 21.8 Å². The van der Waals surface area contributed by atoms with Crippen molar-refractivity contribution in [3.8, 4) is 0 Å². The predicted molar refractivity (Wildman–Crippen MR) is 85.3 cm³/mol. The number of carbonyl (C=O) groups excluding carboxylic acids is 1. The predicted octanol–water partition coefficient (Wildman–Crippen LogP) is 1.48. The molecule has 1 unspecified atom stereocenters. The van der Waals surface area contributed by atoms with Crippen LogP contribution in [0, 0.1) is 0 Å². The third kappa shape index (κ3) is 3.12. The number of thiazole rings is 1. The van der Waals surface area contributed by atoms with Crippen LogP contribution in [0.25, 0.3) is 0 Å². The Morgan fingerprint density at radius 1 is 1.45 bits per heavy atom. The van der Waals surface area contributed by atoms with Crippen LogP contribution in [0.3, 0.4) is 0 Å². The van der Waals surface area contributed by atoms with E-state index in [9.17, 15) is 9.90 Å². The van der Waals surface area contributed by atoms with Crippen LogP contribution in [0.15, 0.2) is 17.1 Å². The molecule has 0 saturated carbocycles. The molecule has 0 aromatic carbocycles. The van der Waals surface area contributed by atoms with Gasteiger partial charge >= 0.3 is 0 Å². The molecule has 0 radical (unpaired) electrons. The number of aliphatic hydroxyl groups excluding tert-OH is 1. The zero-order chi connectivity index (χ0) is 15.5. The van der Waals surface area contributed by atoms with Crippen molar-refractivity contribution in [3.63, 3.8) is 0 Å². The maximum atomic E-state index is 12.2. The molecule has 2 aromatic heterocycles. The summed E-state index contributed by atoms with van der Waals surface area (Å²) in [5.74, 6) is 0.642. The van der Waals surface area contributed by atoms with E-state index < -0.39 is 0 Å². The standard InChI is InChI=1S/C14H19N5O2S/c1-18-14(19-5-2-3-10(20)4-6-19)11(7-16-18)17-13(21)12-8-22-9-15-12/h7-10,20H,2-6H2,1H3,(H,17,21). The van der Waals surface area contributed by atoms with Gasteiger partial charge in [-0.1, -0.05) is 0 Å². The minimum Gasteiger partial charge on any atom is -0.393 e. The fourth-order valence-electron chi connectivity index (χ4n) is 2.70. The van der Waals surface area contributed by atoms with Crippen molar-refractivity contribution in [1.29, 1.82) is 0 Å². The van der Waals surface area contributed by atoms with Gasteiger partial charge in [0.25, 0.3) is 5.91 Å². The van der Waals surface area contributed by atoms with Crippen molar-refractivity contribution in [2.45, 2.75) is 25.4 Å². The highest BCUT2D eigenvalue weighted by Gasteiger charge is 2.22. The first-order valence-electron chi connectivity index (χ1n) is 7.29. The lowest BCUT2D eigenvalue weighted by atomic mass is 10.2. The summed E-state index contributed by atoms with van der Waals surface area (Å²) in [6.07, 6.45) is 3.87. The van der Waals surface area contributed by atoms with E-state index in [1.807, 2.05) is 7.05 Å². The van der Waals surface area contributed by atoms with Gasteiger partial charge in [0.15, 0.2) is 5.82 Å². The molecule has 7 nitrogen and oxygen atoms in total. The summed E-state index contributed by atoms with van der Waals surface area (Å²) in [7, 11) is 1.86. The smallest absolute Gasteiger partial charge is 0.275 e. The van der Waals surface area contributed by atoms with Crippen molar-refractivity contribution in [1.82, 2.24) is 14.8 Å². The SMILES string of the molecule is Cn1ncc(NC(=O)c2cscn2)c1N1CCCC(O)CC1. The Labute approximate surface area is 132 Å². The molecule has 1 atom stereocenters. The van der Waals surface area contributed by atoms with Crippen LogP contribution in [0.1, 0.15) is 29.8 Å². The first-order valence-corrected chi connectivity index (χ1v) is 8.24. The first kappa shape index (κ1) is 15.0. The number of rotatable bonds is 3. The molecule has 1 amide bonds. The second-order valence-electron chi connectivity index (χ2n) is 5.41. The van der Waals surface area contributed by atoms with Gasteiger partial charge in [-0.3, -0.25) is 9.48 Å². The zero-order valence-electron chi connectivity index (χ0n) is 12.4. The highest BCUT2D eigenvalue weighted by atomic mass is 32.1. The largest absolute Gasteiger partial charge is 0.393 e. The van der Waals surface area contributed by atoms with Crippen molar-refractivity contribution < 1.29 is 9.90 Å². The van der Waals surface area contributed by atoms with Crippen LogP contribution < -0.4 is 10.2 Å². The number of nitrogens with zero attached hydrogens (tertiary/aromatic N) is 4. The quantitative estimate of drug-likeness (QED) is 0.895. The van der Waals surface area contributed by atoms with E-state index in [1.165, 1.54) is 11.3 Å². The molecule has 8 heteroatoms. The van der Waals surface area contributed by atoms with E-state index in [0.29, 0.717) is 11.4 Å². The summed E-state index contributed by atoms with van der Waals surface area (Å²) < 4.78 is 1.76. The van der Waals surface area contributed by atoms with Crippen molar-refractivity contribution >= 4 is 28.7 Å². The molecule has 0 aliphatic carbocycles. The number of amides is 1. The maximum Gasteiger partial charge on any atom is 0.275 e. The Morgan fingerprint density at radius 3 is 3.09 bits per heavy atom. The van der Waals surface area contributed by atoms with Crippen LogP contribution in [-0.2, 0) is 7.05 Å². The number of nitrogens with one attached hydrogen (secondary N) is 1. The summed E-state index contributed by atoms with van der Waals surface area (Å²) in [5, 5.41) is 18.6. The van der Waals surface area contributed by atoms with E-state index in [4.69, 9.17) is 0 Å². The molecule has 0 bridgehead atoms. The number of anilines is 2. The van der Waals surface area contributed by atoms with Crippen LogP contribution in [-0.4, -0.2) is 45.0 Å². The molecule has 22 heavy (non-hydrogen) atoms. The number of carbonyl (C=O) groups is 1. The minimum absolute atomic E-state index is 0.231. The molecule has 1 fully saturated rings. The first-order chi connectivity index (χ1) is 10.6. The number of aliphatic hydroxyl groups is 1. The molecule has 0 spiro atoms. The highest BCUT2D eigenvalue weighted by Crippen LogP contribution is 2.28. The van der Waals surface area contributed by atoms with Gasteiger partial charge in [-0.2, -0.15) is 5.10 Å². The molecular formula is C14H19N5O2S. The second kappa shape index (κ2) is 6.45. The average molecular weight is 321 g/mol.